The molecule has 0 heterocycles. The molecule has 0 bridgehead atoms. The number of aromatic carboxylic acids is 1. The van der Waals surface area contributed by atoms with E-state index in [4.69, 9.17) is 5.11 Å². The summed E-state index contributed by atoms with van der Waals surface area (Å²) in [7, 11) is 0. The SMILES string of the molecule is O=C(O)c1cccc(SCc2cccc(F)c2Br)c1. The Morgan fingerprint density at radius 1 is 1.26 bits per heavy atom. The average molecular weight is 341 g/mol. The fourth-order valence-corrected chi connectivity index (χ4v) is 3.08. The van der Waals surface area contributed by atoms with Crippen LogP contribution in [0, 0.1) is 5.82 Å². The van der Waals surface area contributed by atoms with Crippen molar-refractivity contribution in [1.82, 2.24) is 0 Å². The van der Waals surface area contributed by atoms with Gasteiger partial charge in [0.2, 0.25) is 0 Å². The predicted octanol–water partition coefficient (Wildman–Crippen LogP) is 4.58. The van der Waals surface area contributed by atoms with Crippen molar-refractivity contribution in [2.24, 2.45) is 0 Å². The summed E-state index contributed by atoms with van der Waals surface area (Å²) in [6.07, 6.45) is 0. The lowest BCUT2D eigenvalue weighted by Gasteiger charge is -2.06. The molecule has 5 heteroatoms. The zero-order chi connectivity index (χ0) is 13.8. The van der Waals surface area contributed by atoms with Crippen molar-refractivity contribution in [2.75, 3.05) is 0 Å². The Bertz CT molecular complexity index is 616. The molecule has 0 fully saturated rings. The maximum Gasteiger partial charge on any atom is 0.335 e. The Kier molecular flexibility index (Phi) is 4.61. The van der Waals surface area contributed by atoms with E-state index in [1.807, 2.05) is 12.1 Å². The van der Waals surface area contributed by atoms with Crippen LogP contribution in [0.3, 0.4) is 0 Å². The van der Waals surface area contributed by atoms with Crippen molar-refractivity contribution in [3.8, 4) is 0 Å². The highest BCUT2D eigenvalue weighted by Crippen LogP contribution is 2.28. The molecule has 0 atom stereocenters. The van der Waals surface area contributed by atoms with Gasteiger partial charge in [0, 0.05) is 10.6 Å². The van der Waals surface area contributed by atoms with Crippen LogP contribution in [0.5, 0.6) is 0 Å². The first-order chi connectivity index (χ1) is 9.08. The third-order valence-electron chi connectivity index (χ3n) is 2.51. The highest BCUT2D eigenvalue weighted by molar-refractivity contribution is 9.10. The first-order valence-corrected chi connectivity index (χ1v) is 7.25. The molecular weight excluding hydrogens is 331 g/mol. The van der Waals surface area contributed by atoms with Crippen LogP contribution in [-0.4, -0.2) is 11.1 Å². The van der Waals surface area contributed by atoms with Gasteiger partial charge in [-0.25, -0.2) is 9.18 Å². The lowest BCUT2D eigenvalue weighted by molar-refractivity contribution is 0.0696. The molecular formula is C14H10BrFO2S. The molecule has 0 spiro atoms. The summed E-state index contributed by atoms with van der Waals surface area (Å²) >= 11 is 4.68. The normalized spacial score (nSPS) is 10.4. The number of carboxylic acids is 1. The van der Waals surface area contributed by atoms with E-state index in [1.54, 1.807) is 24.3 Å². The largest absolute Gasteiger partial charge is 0.478 e. The van der Waals surface area contributed by atoms with Crippen LogP contribution in [0.2, 0.25) is 0 Å². The van der Waals surface area contributed by atoms with Gasteiger partial charge in [-0.3, -0.25) is 0 Å². The molecule has 2 aromatic rings. The highest BCUT2D eigenvalue weighted by Gasteiger charge is 2.07. The molecule has 0 aliphatic carbocycles. The van der Waals surface area contributed by atoms with Gasteiger partial charge in [0.25, 0.3) is 0 Å². The summed E-state index contributed by atoms with van der Waals surface area (Å²) in [4.78, 5) is 11.7. The number of halogens is 2. The topological polar surface area (TPSA) is 37.3 Å². The molecule has 0 aliphatic rings. The van der Waals surface area contributed by atoms with E-state index >= 15 is 0 Å². The Morgan fingerprint density at radius 2 is 2.00 bits per heavy atom. The summed E-state index contributed by atoms with van der Waals surface area (Å²) in [6, 6.07) is 11.6. The van der Waals surface area contributed by atoms with Gasteiger partial charge >= 0.3 is 5.97 Å². The average Bonchev–Trinajstić information content (AvgIpc) is 2.41. The summed E-state index contributed by atoms with van der Waals surface area (Å²) in [6.45, 7) is 0. The van der Waals surface area contributed by atoms with E-state index in [9.17, 15) is 9.18 Å². The third-order valence-corrected chi connectivity index (χ3v) is 4.44. The number of thioether (sulfide) groups is 1. The van der Waals surface area contributed by atoms with Gasteiger partial charge < -0.3 is 5.11 Å². The van der Waals surface area contributed by atoms with Gasteiger partial charge in [-0.1, -0.05) is 18.2 Å². The Balaban J connectivity index is 2.12. The predicted molar refractivity (Wildman–Crippen MR) is 77.1 cm³/mol. The van der Waals surface area contributed by atoms with Crippen molar-refractivity contribution in [3.63, 3.8) is 0 Å². The minimum Gasteiger partial charge on any atom is -0.478 e. The van der Waals surface area contributed by atoms with Crippen LogP contribution >= 0.6 is 27.7 Å². The Morgan fingerprint density at radius 3 is 2.74 bits per heavy atom. The van der Waals surface area contributed by atoms with Crippen LogP contribution in [0.4, 0.5) is 4.39 Å². The fraction of sp³-hybridized carbons (Fsp3) is 0.0714. The van der Waals surface area contributed by atoms with E-state index in [0.717, 1.165) is 10.5 Å². The number of rotatable bonds is 4. The van der Waals surface area contributed by atoms with Crippen molar-refractivity contribution < 1.29 is 14.3 Å². The van der Waals surface area contributed by atoms with Crippen LogP contribution in [0.25, 0.3) is 0 Å². The molecule has 0 unspecified atom stereocenters. The molecule has 2 nitrogen and oxygen atoms in total. The van der Waals surface area contributed by atoms with Gasteiger partial charge in [0.1, 0.15) is 5.82 Å². The van der Waals surface area contributed by atoms with Gasteiger partial charge in [-0.15, -0.1) is 11.8 Å². The maximum absolute atomic E-state index is 13.3. The molecule has 0 saturated heterocycles. The highest BCUT2D eigenvalue weighted by atomic mass is 79.9. The van der Waals surface area contributed by atoms with Crippen LogP contribution in [0.1, 0.15) is 15.9 Å². The van der Waals surface area contributed by atoms with Crippen LogP contribution < -0.4 is 0 Å². The van der Waals surface area contributed by atoms with Gasteiger partial charge in [-0.05, 0) is 45.8 Å². The molecule has 1 N–H and O–H groups in total. The molecule has 98 valence electrons. The minimum atomic E-state index is -0.950. The maximum atomic E-state index is 13.3. The van der Waals surface area contributed by atoms with E-state index in [0.29, 0.717) is 10.2 Å². The van der Waals surface area contributed by atoms with Crippen molar-refractivity contribution in [1.29, 1.82) is 0 Å². The van der Waals surface area contributed by atoms with Crippen LogP contribution in [0.15, 0.2) is 51.8 Å². The Hall–Kier alpha value is -1.33. The number of carbonyl (C=O) groups is 1. The molecule has 0 aromatic heterocycles. The molecule has 0 aliphatic heterocycles. The van der Waals surface area contributed by atoms with Crippen molar-refractivity contribution >= 4 is 33.7 Å². The van der Waals surface area contributed by atoms with Crippen molar-refractivity contribution in [3.05, 3.63) is 63.9 Å². The molecule has 0 saturated carbocycles. The second-order valence-electron chi connectivity index (χ2n) is 3.83. The lowest BCUT2D eigenvalue weighted by atomic mass is 10.2. The van der Waals surface area contributed by atoms with E-state index in [-0.39, 0.29) is 11.4 Å². The van der Waals surface area contributed by atoms with Gasteiger partial charge in [0.15, 0.2) is 0 Å². The summed E-state index contributed by atoms with van der Waals surface area (Å²) < 4.78 is 13.8. The summed E-state index contributed by atoms with van der Waals surface area (Å²) in [5, 5.41) is 8.91. The minimum absolute atomic E-state index is 0.253. The number of carboxylic acid groups (broad SMARTS) is 1. The van der Waals surface area contributed by atoms with E-state index in [1.165, 1.54) is 17.8 Å². The molecule has 2 rings (SSSR count). The van der Waals surface area contributed by atoms with E-state index in [2.05, 4.69) is 15.9 Å². The van der Waals surface area contributed by atoms with Crippen LogP contribution in [-0.2, 0) is 5.75 Å². The zero-order valence-corrected chi connectivity index (χ0v) is 12.2. The monoisotopic (exact) mass is 340 g/mol. The first kappa shape index (κ1) is 14.1. The van der Waals surface area contributed by atoms with E-state index < -0.39 is 5.97 Å². The zero-order valence-electron chi connectivity index (χ0n) is 9.77. The fourth-order valence-electron chi connectivity index (χ4n) is 1.54. The standard InChI is InChI=1S/C14H10BrFO2S/c15-13-10(4-2-6-12(13)16)8-19-11-5-1-3-9(7-11)14(17)18/h1-7H,8H2,(H,17,18). The smallest absolute Gasteiger partial charge is 0.335 e. The number of hydrogen-bond acceptors (Lipinski definition) is 2. The number of hydrogen-bond donors (Lipinski definition) is 1. The third kappa shape index (κ3) is 3.58. The Labute approximate surface area is 122 Å². The number of benzene rings is 2. The van der Waals surface area contributed by atoms with Crippen molar-refractivity contribution in [2.45, 2.75) is 10.6 Å². The quantitative estimate of drug-likeness (QED) is 0.827. The second-order valence-corrected chi connectivity index (χ2v) is 5.68. The first-order valence-electron chi connectivity index (χ1n) is 5.47. The summed E-state index contributed by atoms with van der Waals surface area (Å²) in [5.74, 6) is -0.673. The second kappa shape index (κ2) is 6.21. The molecule has 0 amide bonds. The molecule has 2 aromatic carbocycles. The summed E-state index contributed by atoms with van der Waals surface area (Å²) in [5.41, 5.74) is 1.09. The molecule has 0 radical (unpaired) electrons. The van der Waals surface area contributed by atoms with Gasteiger partial charge in [0.05, 0.1) is 10.0 Å². The van der Waals surface area contributed by atoms with Gasteiger partial charge in [-0.2, -0.15) is 0 Å². The molecule has 19 heavy (non-hydrogen) atoms. The lowest BCUT2D eigenvalue weighted by Crippen LogP contribution is -1.95.